The van der Waals surface area contributed by atoms with E-state index in [0.717, 1.165) is 37.6 Å². The quantitative estimate of drug-likeness (QED) is 0.786. The summed E-state index contributed by atoms with van der Waals surface area (Å²) in [5.74, 6) is 1.63. The molecule has 3 unspecified atom stereocenters. The summed E-state index contributed by atoms with van der Waals surface area (Å²) in [5, 5.41) is 3.65. The first-order chi connectivity index (χ1) is 8.79. The zero-order valence-electron chi connectivity index (χ0n) is 12.2. The van der Waals surface area contributed by atoms with E-state index in [1.54, 1.807) is 0 Å². The fourth-order valence-electron chi connectivity index (χ4n) is 3.65. The zero-order valence-corrected chi connectivity index (χ0v) is 12.2. The van der Waals surface area contributed by atoms with Crippen LogP contribution in [0.5, 0.6) is 0 Å². The smallest absolute Gasteiger partial charge is 0.0506 e. The summed E-state index contributed by atoms with van der Waals surface area (Å²) in [6.45, 7) is 7.76. The van der Waals surface area contributed by atoms with Gasteiger partial charge in [-0.2, -0.15) is 0 Å². The molecule has 106 valence electrons. The van der Waals surface area contributed by atoms with Gasteiger partial charge < -0.3 is 15.0 Å². The summed E-state index contributed by atoms with van der Waals surface area (Å²) in [4.78, 5) is 2.54. The first kappa shape index (κ1) is 14.3. The number of hydrogen-bond acceptors (Lipinski definition) is 3. The Kier molecular flexibility index (Phi) is 5.93. The number of nitrogens with one attached hydrogen (secondary N) is 1. The molecule has 0 aromatic carbocycles. The molecule has 1 saturated heterocycles. The van der Waals surface area contributed by atoms with E-state index in [4.69, 9.17) is 4.74 Å². The summed E-state index contributed by atoms with van der Waals surface area (Å²) in [5.41, 5.74) is 0. The van der Waals surface area contributed by atoms with Crippen molar-refractivity contribution in [3.05, 3.63) is 0 Å². The third kappa shape index (κ3) is 4.22. The molecule has 18 heavy (non-hydrogen) atoms. The third-order valence-corrected chi connectivity index (χ3v) is 4.50. The van der Waals surface area contributed by atoms with Crippen LogP contribution in [0.1, 0.15) is 39.0 Å². The van der Waals surface area contributed by atoms with Crippen LogP contribution in [0.3, 0.4) is 0 Å². The topological polar surface area (TPSA) is 24.5 Å². The monoisotopic (exact) mass is 254 g/mol. The highest BCUT2D eigenvalue weighted by atomic mass is 16.5. The number of nitrogens with zero attached hydrogens (tertiary/aromatic N) is 1. The average molecular weight is 254 g/mol. The van der Waals surface area contributed by atoms with Crippen molar-refractivity contribution in [3.8, 4) is 0 Å². The van der Waals surface area contributed by atoms with Crippen LogP contribution in [-0.2, 0) is 4.74 Å². The molecule has 0 amide bonds. The van der Waals surface area contributed by atoms with Crippen molar-refractivity contribution >= 4 is 0 Å². The fraction of sp³-hybridized carbons (Fsp3) is 1.00. The summed E-state index contributed by atoms with van der Waals surface area (Å²) in [7, 11) is 2.29. The number of hydrogen-bond donors (Lipinski definition) is 1. The first-order valence-electron chi connectivity index (χ1n) is 7.79. The van der Waals surface area contributed by atoms with Gasteiger partial charge in [0, 0.05) is 25.7 Å². The molecule has 0 spiro atoms. The van der Waals surface area contributed by atoms with Crippen LogP contribution in [-0.4, -0.2) is 50.8 Å². The third-order valence-electron chi connectivity index (χ3n) is 4.50. The second kappa shape index (κ2) is 7.46. The predicted molar refractivity (Wildman–Crippen MR) is 75.8 cm³/mol. The van der Waals surface area contributed by atoms with Crippen LogP contribution in [0.4, 0.5) is 0 Å². The van der Waals surface area contributed by atoms with Crippen molar-refractivity contribution in [2.24, 2.45) is 11.8 Å². The fourth-order valence-corrected chi connectivity index (χ4v) is 3.65. The molecule has 3 heteroatoms. The van der Waals surface area contributed by atoms with Crippen LogP contribution < -0.4 is 5.32 Å². The van der Waals surface area contributed by atoms with E-state index in [9.17, 15) is 0 Å². The minimum Gasteiger partial charge on any atom is -0.381 e. The van der Waals surface area contributed by atoms with Crippen molar-refractivity contribution in [2.75, 3.05) is 39.9 Å². The van der Waals surface area contributed by atoms with Crippen molar-refractivity contribution in [3.63, 3.8) is 0 Å². The number of rotatable bonds is 6. The Morgan fingerprint density at radius 1 is 1.17 bits per heavy atom. The highest BCUT2D eigenvalue weighted by Crippen LogP contribution is 2.26. The van der Waals surface area contributed by atoms with E-state index in [1.807, 2.05) is 0 Å². The highest BCUT2D eigenvalue weighted by Gasteiger charge is 2.28. The van der Waals surface area contributed by atoms with Crippen molar-refractivity contribution < 1.29 is 4.74 Å². The van der Waals surface area contributed by atoms with Gasteiger partial charge in [-0.25, -0.2) is 0 Å². The highest BCUT2D eigenvalue weighted by molar-refractivity contribution is 4.84. The minimum absolute atomic E-state index is 0.764. The molecule has 2 rings (SSSR count). The van der Waals surface area contributed by atoms with Gasteiger partial charge in [0.25, 0.3) is 0 Å². The van der Waals surface area contributed by atoms with Gasteiger partial charge >= 0.3 is 0 Å². The molecule has 0 aromatic rings. The molecule has 0 aromatic heterocycles. The van der Waals surface area contributed by atoms with E-state index in [1.165, 1.54) is 45.2 Å². The lowest BCUT2D eigenvalue weighted by atomic mass is 9.99. The normalized spacial score (nSPS) is 33.2. The molecule has 2 aliphatic rings. The predicted octanol–water partition coefficient (Wildman–Crippen LogP) is 2.12. The Morgan fingerprint density at radius 3 is 2.78 bits per heavy atom. The maximum absolute atomic E-state index is 5.57. The van der Waals surface area contributed by atoms with Crippen molar-refractivity contribution in [1.82, 2.24) is 10.2 Å². The molecular formula is C15H30N2O. The van der Waals surface area contributed by atoms with E-state index < -0.39 is 0 Å². The molecule has 3 atom stereocenters. The van der Waals surface area contributed by atoms with Crippen LogP contribution in [0.25, 0.3) is 0 Å². The van der Waals surface area contributed by atoms with Crippen LogP contribution >= 0.6 is 0 Å². The van der Waals surface area contributed by atoms with Gasteiger partial charge in [-0.15, -0.1) is 0 Å². The van der Waals surface area contributed by atoms with Gasteiger partial charge in [-0.05, 0) is 51.1 Å². The summed E-state index contributed by atoms with van der Waals surface area (Å²) >= 11 is 0. The standard InChI is InChI=1S/C15H30N2O/c1-3-16-15-8-4-7-14(15)11-17(2)10-13-6-5-9-18-12-13/h13-16H,3-12H2,1-2H3. The van der Waals surface area contributed by atoms with Gasteiger partial charge in [-0.1, -0.05) is 13.3 Å². The molecule has 1 heterocycles. The SMILES string of the molecule is CCNC1CCCC1CN(C)CC1CCCOC1. The van der Waals surface area contributed by atoms with Gasteiger partial charge in [0.2, 0.25) is 0 Å². The zero-order chi connectivity index (χ0) is 12.8. The van der Waals surface area contributed by atoms with Crippen molar-refractivity contribution in [2.45, 2.75) is 45.1 Å². The summed E-state index contributed by atoms with van der Waals surface area (Å²) in [6, 6.07) is 0.764. The van der Waals surface area contributed by atoms with Crippen LogP contribution in [0, 0.1) is 11.8 Å². The van der Waals surface area contributed by atoms with E-state index in [2.05, 4.69) is 24.2 Å². The van der Waals surface area contributed by atoms with Crippen molar-refractivity contribution in [1.29, 1.82) is 0 Å². The second-order valence-corrected chi connectivity index (χ2v) is 6.16. The van der Waals surface area contributed by atoms with Gasteiger partial charge in [-0.3, -0.25) is 0 Å². The first-order valence-corrected chi connectivity index (χ1v) is 7.79. The van der Waals surface area contributed by atoms with E-state index in [0.29, 0.717) is 0 Å². The lowest BCUT2D eigenvalue weighted by Crippen LogP contribution is -2.40. The van der Waals surface area contributed by atoms with Gasteiger partial charge in [0.1, 0.15) is 0 Å². The molecule has 3 nitrogen and oxygen atoms in total. The largest absolute Gasteiger partial charge is 0.381 e. The lowest BCUT2D eigenvalue weighted by molar-refractivity contribution is 0.0398. The molecule has 0 radical (unpaired) electrons. The molecule has 1 aliphatic heterocycles. The Labute approximate surface area is 112 Å². The van der Waals surface area contributed by atoms with Crippen LogP contribution in [0.2, 0.25) is 0 Å². The minimum atomic E-state index is 0.764. The maximum Gasteiger partial charge on any atom is 0.0506 e. The molecule has 1 N–H and O–H groups in total. The summed E-state index contributed by atoms with van der Waals surface area (Å²) < 4.78 is 5.57. The Bertz CT molecular complexity index is 229. The van der Waals surface area contributed by atoms with Gasteiger partial charge in [0.05, 0.1) is 6.61 Å². The molecule has 1 saturated carbocycles. The van der Waals surface area contributed by atoms with E-state index >= 15 is 0 Å². The number of ether oxygens (including phenoxy) is 1. The Hall–Kier alpha value is -0.120. The lowest BCUT2D eigenvalue weighted by Gasteiger charge is -2.30. The Balaban J connectivity index is 1.70. The van der Waals surface area contributed by atoms with E-state index in [-0.39, 0.29) is 0 Å². The summed E-state index contributed by atoms with van der Waals surface area (Å²) in [6.07, 6.45) is 6.79. The molecule has 1 aliphatic carbocycles. The van der Waals surface area contributed by atoms with Gasteiger partial charge in [0.15, 0.2) is 0 Å². The molecule has 2 fully saturated rings. The van der Waals surface area contributed by atoms with Crippen LogP contribution in [0.15, 0.2) is 0 Å². The second-order valence-electron chi connectivity index (χ2n) is 6.16. The Morgan fingerprint density at radius 2 is 2.06 bits per heavy atom. The maximum atomic E-state index is 5.57. The molecular weight excluding hydrogens is 224 g/mol. The molecule has 0 bridgehead atoms. The average Bonchev–Trinajstić information content (AvgIpc) is 2.78.